The van der Waals surface area contributed by atoms with Gasteiger partial charge in [-0.15, -0.1) is 0 Å². The second kappa shape index (κ2) is 10.9. The van der Waals surface area contributed by atoms with Gasteiger partial charge in [0, 0.05) is 11.6 Å². The van der Waals surface area contributed by atoms with Crippen molar-refractivity contribution in [3.05, 3.63) is 70.8 Å². The molecule has 10 heteroatoms. The number of nitrogens with zero attached hydrogens (tertiary/aromatic N) is 2. The Balaban J connectivity index is 1.64. The number of anilines is 1. The number of benzene rings is 2. The number of hydrogen-bond donors (Lipinski definition) is 0. The van der Waals surface area contributed by atoms with Crippen LogP contribution in [0.3, 0.4) is 0 Å². The number of carbonyl (C=O) groups is 3. The van der Waals surface area contributed by atoms with Crippen molar-refractivity contribution in [1.29, 1.82) is 0 Å². The second-order valence-corrected chi connectivity index (χ2v) is 11.1. The van der Waals surface area contributed by atoms with Gasteiger partial charge >= 0.3 is 5.97 Å². The van der Waals surface area contributed by atoms with Crippen LogP contribution in [0, 0.1) is 0 Å². The number of esters is 1. The van der Waals surface area contributed by atoms with E-state index in [0.29, 0.717) is 11.4 Å². The first-order chi connectivity index (χ1) is 17.2. The first kappa shape index (κ1) is 26.1. The van der Waals surface area contributed by atoms with Gasteiger partial charge in [-0.25, -0.2) is 18.1 Å². The summed E-state index contributed by atoms with van der Waals surface area (Å²) < 4.78 is 33.2. The van der Waals surface area contributed by atoms with Crippen LogP contribution in [0.5, 0.6) is 0 Å². The Kier molecular flexibility index (Phi) is 7.92. The Hall–Kier alpha value is -3.01. The van der Waals surface area contributed by atoms with Crippen molar-refractivity contribution in [3.8, 4) is 0 Å². The normalized spacial score (nSPS) is 18.5. The van der Waals surface area contributed by atoms with Gasteiger partial charge in [0.25, 0.3) is 5.91 Å². The van der Waals surface area contributed by atoms with E-state index in [4.69, 9.17) is 11.6 Å². The molecule has 1 fully saturated rings. The van der Waals surface area contributed by atoms with Crippen molar-refractivity contribution in [1.82, 2.24) is 4.31 Å². The lowest BCUT2D eigenvalue weighted by atomic mass is 9.97. The topological polar surface area (TPSA) is 101 Å². The van der Waals surface area contributed by atoms with Crippen LogP contribution >= 0.6 is 11.6 Å². The van der Waals surface area contributed by atoms with Crippen LogP contribution in [0.4, 0.5) is 5.69 Å². The molecule has 0 bridgehead atoms. The van der Waals surface area contributed by atoms with Gasteiger partial charge in [-0.05, 0) is 80.6 Å². The summed E-state index contributed by atoms with van der Waals surface area (Å²) in [5.41, 5.74) is 1.69. The summed E-state index contributed by atoms with van der Waals surface area (Å²) in [5.74, 6) is -1.68. The summed E-state index contributed by atoms with van der Waals surface area (Å²) in [4.78, 5) is 39.2. The second-order valence-electron chi connectivity index (χ2n) is 8.75. The van der Waals surface area contributed by atoms with Crippen LogP contribution in [0.2, 0.25) is 5.02 Å². The third-order valence-electron chi connectivity index (χ3n) is 6.48. The predicted molar refractivity (Wildman–Crippen MR) is 135 cm³/mol. The van der Waals surface area contributed by atoms with Crippen molar-refractivity contribution in [2.45, 2.75) is 49.5 Å². The quantitative estimate of drug-likeness (QED) is 0.286. The largest absolute Gasteiger partial charge is 0.465 e. The van der Waals surface area contributed by atoms with Crippen LogP contribution < -0.4 is 4.90 Å². The van der Waals surface area contributed by atoms with Gasteiger partial charge in [0.2, 0.25) is 15.9 Å². The number of carbonyl (C=O) groups excluding carboxylic acids is 3. The number of allylic oxidation sites excluding steroid dienone is 1. The van der Waals surface area contributed by atoms with Crippen LogP contribution in [-0.2, 0) is 24.3 Å². The number of rotatable bonds is 8. The molecule has 2 aromatic carbocycles. The predicted octanol–water partition coefficient (Wildman–Crippen LogP) is 4.34. The summed E-state index contributed by atoms with van der Waals surface area (Å²) in [6.45, 7) is 0.0790. The molecule has 0 aromatic heterocycles. The summed E-state index contributed by atoms with van der Waals surface area (Å²) in [6.07, 6.45) is 6.34. The molecule has 1 aliphatic carbocycles. The molecule has 0 radical (unpaired) electrons. The highest BCUT2D eigenvalue weighted by molar-refractivity contribution is 7.89. The molecular formula is C26H27ClN2O6S. The van der Waals surface area contributed by atoms with Crippen molar-refractivity contribution in [2.75, 3.05) is 18.6 Å². The molecule has 8 nitrogen and oxygen atoms in total. The molecule has 1 heterocycles. The number of hydrogen-bond acceptors (Lipinski definition) is 6. The molecule has 0 saturated carbocycles. The maximum atomic E-state index is 13.7. The fourth-order valence-corrected chi connectivity index (χ4v) is 6.26. The average molecular weight is 531 g/mol. The van der Waals surface area contributed by atoms with E-state index in [0.717, 1.165) is 40.5 Å². The molecule has 2 amide bonds. The molecule has 2 aromatic rings. The highest BCUT2D eigenvalue weighted by Gasteiger charge is 2.46. The van der Waals surface area contributed by atoms with E-state index in [1.165, 1.54) is 55.6 Å². The average Bonchev–Trinajstić information content (AvgIpc) is 3.17. The highest BCUT2D eigenvalue weighted by Crippen LogP contribution is 2.31. The molecule has 0 N–H and O–H groups in total. The van der Waals surface area contributed by atoms with Crippen LogP contribution in [0.15, 0.2) is 65.1 Å². The van der Waals surface area contributed by atoms with Crippen LogP contribution in [0.1, 0.15) is 48.9 Å². The van der Waals surface area contributed by atoms with E-state index in [-0.39, 0.29) is 29.1 Å². The van der Waals surface area contributed by atoms with Crippen LogP contribution in [-0.4, -0.2) is 50.2 Å². The lowest BCUT2D eigenvalue weighted by Gasteiger charge is -2.28. The highest BCUT2D eigenvalue weighted by atomic mass is 35.5. The van der Waals surface area contributed by atoms with Gasteiger partial charge in [-0.1, -0.05) is 23.3 Å². The zero-order valence-electron chi connectivity index (χ0n) is 19.9. The van der Waals surface area contributed by atoms with Crippen molar-refractivity contribution in [2.24, 2.45) is 0 Å². The lowest BCUT2D eigenvalue weighted by molar-refractivity contribution is -0.122. The van der Waals surface area contributed by atoms with E-state index in [1.807, 2.05) is 0 Å². The standard InChI is InChI=1S/C26H27ClN2O6S/c1-35-26(32)19-7-11-21(12-8-19)29-24(30)17-23(25(29)31)28(16-15-18-5-3-2-4-6-18)36(33,34)22-13-9-20(27)10-14-22/h5,7-14,23H,2-4,6,15-17H2,1H3. The molecule has 1 aliphatic heterocycles. The molecule has 0 spiro atoms. The fraction of sp³-hybridized carbons (Fsp3) is 0.346. The Morgan fingerprint density at radius 2 is 1.78 bits per heavy atom. The van der Waals surface area contributed by atoms with Gasteiger partial charge in [0.15, 0.2) is 0 Å². The molecule has 1 saturated heterocycles. The molecule has 190 valence electrons. The van der Waals surface area contributed by atoms with Gasteiger partial charge in [-0.3, -0.25) is 9.59 Å². The number of sulfonamides is 1. The van der Waals surface area contributed by atoms with Gasteiger partial charge < -0.3 is 4.74 Å². The molecular weight excluding hydrogens is 504 g/mol. The first-order valence-corrected chi connectivity index (χ1v) is 13.5. The van der Waals surface area contributed by atoms with Crippen LogP contribution in [0.25, 0.3) is 0 Å². The summed E-state index contributed by atoms with van der Waals surface area (Å²) in [7, 11) is -2.84. The minimum absolute atomic E-state index is 0.00523. The van der Waals surface area contributed by atoms with Crippen molar-refractivity contribution in [3.63, 3.8) is 0 Å². The van der Waals surface area contributed by atoms with Gasteiger partial charge in [-0.2, -0.15) is 4.31 Å². The summed E-state index contributed by atoms with van der Waals surface area (Å²) in [6, 6.07) is 10.4. The first-order valence-electron chi connectivity index (χ1n) is 11.7. The Morgan fingerprint density at radius 1 is 1.08 bits per heavy atom. The van der Waals surface area contributed by atoms with Crippen molar-refractivity contribution >= 4 is 45.1 Å². The monoisotopic (exact) mass is 530 g/mol. The minimum atomic E-state index is -4.10. The number of halogens is 1. The number of amides is 2. The van der Waals surface area contributed by atoms with Gasteiger partial charge in [0.1, 0.15) is 6.04 Å². The molecule has 1 atom stereocenters. The summed E-state index contributed by atoms with van der Waals surface area (Å²) in [5, 5.41) is 0.390. The van der Waals surface area contributed by atoms with E-state index >= 15 is 0 Å². The smallest absolute Gasteiger partial charge is 0.337 e. The zero-order chi connectivity index (χ0) is 25.9. The lowest BCUT2D eigenvalue weighted by Crippen LogP contribution is -2.46. The number of ether oxygens (including phenoxy) is 1. The van der Waals surface area contributed by atoms with Gasteiger partial charge in [0.05, 0.1) is 29.7 Å². The van der Waals surface area contributed by atoms with Crippen molar-refractivity contribution < 1.29 is 27.5 Å². The Morgan fingerprint density at radius 3 is 2.39 bits per heavy atom. The van der Waals surface area contributed by atoms with E-state index in [1.54, 1.807) is 0 Å². The summed E-state index contributed by atoms with van der Waals surface area (Å²) >= 11 is 5.95. The molecule has 2 aliphatic rings. The molecule has 1 unspecified atom stereocenters. The fourth-order valence-electron chi connectivity index (χ4n) is 4.55. The van der Waals surface area contributed by atoms with E-state index in [9.17, 15) is 22.8 Å². The maximum Gasteiger partial charge on any atom is 0.337 e. The molecule has 36 heavy (non-hydrogen) atoms. The van der Waals surface area contributed by atoms with E-state index in [2.05, 4.69) is 10.8 Å². The number of imide groups is 1. The zero-order valence-corrected chi connectivity index (χ0v) is 21.4. The minimum Gasteiger partial charge on any atom is -0.465 e. The third kappa shape index (κ3) is 5.38. The third-order valence-corrected chi connectivity index (χ3v) is 8.65. The SMILES string of the molecule is COC(=O)c1ccc(N2C(=O)CC(N(CCC3=CCCCC3)S(=O)(=O)c3ccc(Cl)cc3)C2=O)cc1. The number of methoxy groups -OCH3 is 1. The Labute approximate surface area is 215 Å². The Bertz CT molecular complexity index is 1290. The molecule has 4 rings (SSSR count). The maximum absolute atomic E-state index is 13.7. The van der Waals surface area contributed by atoms with E-state index < -0.39 is 33.8 Å².